The van der Waals surface area contributed by atoms with E-state index in [0.717, 1.165) is 31.7 Å². The first-order chi connectivity index (χ1) is 9.66. The fraction of sp³-hybridized carbons (Fsp3) is 0.647. The Morgan fingerprint density at radius 2 is 1.62 bits per heavy atom. The lowest BCUT2D eigenvalue weighted by molar-refractivity contribution is -0.137. The van der Waals surface area contributed by atoms with Gasteiger partial charge in [-0.2, -0.15) is 13.2 Å². The van der Waals surface area contributed by atoms with Gasteiger partial charge in [-0.25, -0.2) is 0 Å². The van der Waals surface area contributed by atoms with Crippen LogP contribution in [0.1, 0.15) is 52.0 Å². The summed E-state index contributed by atoms with van der Waals surface area (Å²) in [5, 5.41) is 3.27. The lowest BCUT2D eigenvalue weighted by atomic mass is 9.71. The Morgan fingerprint density at radius 3 is 2.14 bits per heavy atom. The molecule has 0 spiro atoms. The van der Waals surface area contributed by atoms with E-state index in [-0.39, 0.29) is 6.04 Å². The van der Waals surface area contributed by atoms with Gasteiger partial charge in [0.15, 0.2) is 0 Å². The summed E-state index contributed by atoms with van der Waals surface area (Å²) in [5.74, 6) is 0.706. The average Bonchev–Trinajstić information content (AvgIpc) is 2.37. The molecule has 0 atom stereocenters. The van der Waals surface area contributed by atoms with Crippen LogP contribution >= 0.6 is 0 Å². The van der Waals surface area contributed by atoms with E-state index in [1.165, 1.54) is 12.1 Å². The highest BCUT2D eigenvalue weighted by Crippen LogP contribution is 2.38. The molecule has 2 rings (SSSR count). The van der Waals surface area contributed by atoms with Crippen LogP contribution in [0.15, 0.2) is 24.3 Å². The summed E-state index contributed by atoms with van der Waals surface area (Å²) in [6, 6.07) is 5.78. The minimum absolute atomic E-state index is 0.284. The Hall–Kier alpha value is -1.19. The van der Waals surface area contributed by atoms with Crippen molar-refractivity contribution in [3.8, 4) is 0 Å². The molecule has 118 valence electrons. The van der Waals surface area contributed by atoms with Crippen molar-refractivity contribution in [2.75, 3.05) is 5.32 Å². The monoisotopic (exact) mass is 299 g/mol. The van der Waals surface area contributed by atoms with Crippen molar-refractivity contribution >= 4 is 5.69 Å². The normalized spacial score (nSPS) is 23.9. The van der Waals surface area contributed by atoms with Crippen LogP contribution < -0.4 is 5.32 Å². The third-order valence-electron chi connectivity index (χ3n) is 4.51. The maximum atomic E-state index is 12.7. The van der Waals surface area contributed by atoms with Crippen LogP contribution in [0.5, 0.6) is 0 Å². The molecule has 0 radical (unpaired) electrons. The molecule has 1 N–H and O–H groups in total. The number of anilines is 1. The molecule has 0 bridgehead atoms. The molecule has 0 unspecified atom stereocenters. The summed E-state index contributed by atoms with van der Waals surface area (Å²) < 4.78 is 38.1. The number of hydrogen-bond acceptors (Lipinski definition) is 1. The molecule has 1 fully saturated rings. The molecule has 0 aromatic heterocycles. The number of alkyl halides is 3. The molecule has 0 heterocycles. The van der Waals surface area contributed by atoms with E-state index in [1.807, 2.05) is 0 Å². The van der Waals surface area contributed by atoms with Gasteiger partial charge in [-0.15, -0.1) is 0 Å². The summed E-state index contributed by atoms with van der Waals surface area (Å²) >= 11 is 0. The molecule has 21 heavy (non-hydrogen) atoms. The molecule has 4 heteroatoms. The Bertz CT molecular complexity index is 466. The predicted molar refractivity (Wildman–Crippen MR) is 80.3 cm³/mol. The first-order valence-electron chi connectivity index (χ1n) is 7.60. The van der Waals surface area contributed by atoms with E-state index >= 15 is 0 Å². The topological polar surface area (TPSA) is 12.0 Å². The van der Waals surface area contributed by atoms with Crippen LogP contribution in [0, 0.1) is 11.3 Å². The minimum atomic E-state index is -4.28. The first kappa shape index (κ1) is 16.2. The summed E-state index contributed by atoms with van der Waals surface area (Å²) in [7, 11) is 0. The second kappa shape index (κ2) is 5.90. The molecule has 1 aromatic rings. The number of benzene rings is 1. The Balaban J connectivity index is 1.95. The number of hydrogen-bond donors (Lipinski definition) is 1. The zero-order valence-corrected chi connectivity index (χ0v) is 12.9. The van der Waals surface area contributed by atoms with E-state index in [9.17, 15) is 13.2 Å². The van der Waals surface area contributed by atoms with Crippen molar-refractivity contribution in [3.05, 3.63) is 29.8 Å². The lowest BCUT2D eigenvalue weighted by Crippen LogP contribution is -2.31. The molecule has 1 saturated carbocycles. The van der Waals surface area contributed by atoms with Gasteiger partial charge in [0.2, 0.25) is 0 Å². The molecule has 1 nitrogen and oxygen atoms in total. The van der Waals surface area contributed by atoms with Gasteiger partial charge in [-0.3, -0.25) is 0 Å². The standard InChI is InChI=1S/C17H24F3N/c1-16(2,3)12-7-9-14(10-8-12)21-15-6-4-5-13(11-15)17(18,19)20/h4-6,11-12,14,21H,7-10H2,1-3H3. The molecule has 1 aliphatic rings. The second-order valence-corrected chi connectivity index (χ2v) is 7.14. The molecular weight excluding hydrogens is 275 g/mol. The van der Waals surface area contributed by atoms with Crippen molar-refractivity contribution in [2.45, 2.75) is 58.7 Å². The van der Waals surface area contributed by atoms with Gasteiger partial charge in [0, 0.05) is 11.7 Å². The third kappa shape index (κ3) is 4.39. The van der Waals surface area contributed by atoms with Crippen LogP contribution in [0.2, 0.25) is 0 Å². The van der Waals surface area contributed by atoms with Crippen molar-refractivity contribution < 1.29 is 13.2 Å². The second-order valence-electron chi connectivity index (χ2n) is 7.14. The summed E-state index contributed by atoms with van der Waals surface area (Å²) in [5.41, 5.74) is 0.307. The van der Waals surface area contributed by atoms with Crippen LogP contribution in [0.25, 0.3) is 0 Å². The van der Waals surface area contributed by atoms with Crippen molar-refractivity contribution in [1.29, 1.82) is 0 Å². The van der Waals surface area contributed by atoms with E-state index in [0.29, 0.717) is 17.0 Å². The van der Waals surface area contributed by atoms with Crippen molar-refractivity contribution in [2.24, 2.45) is 11.3 Å². The highest BCUT2D eigenvalue weighted by molar-refractivity contribution is 5.47. The summed E-state index contributed by atoms with van der Waals surface area (Å²) in [6.07, 6.45) is 0.0538. The molecule has 0 aliphatic heterocycles. The highest BCUT2D eigenvalue weighted by Gasteiger charge is 2.31. The number of nitrogens with one attached hydrogen (secondary N) is 1. The van der Waals surface area contributed by atoms with Gasteiger partial charge in [0.25, 0.3) is 0 Å². The zero-order chi connectivity index (χ0) is 15.7. The zero-order valence-electron chi connectivity index (χ0n) is 12.9. The molecule has 1 aromatic carbocycles. The van der Waals surface area contributed by atoms with Gasteiger partial charge in [-0.1, -0.05) is 26.8 Å². The largest absolute Gasteiger partial charge is 0.416 e. The maximum absolute atomic E-state index is 12.7. The van der Waals surface area contributed by atoms with Crippen LogP contribution in [0.4, 0.5) is 18.9 Å². The van der Waals surface area contributed by atoms with Gasteiger partial charge in [0.1, 0.15) is 0 Å². The third-order valence-corrected chi connectivity index (χ3v) is 4.51. The minimum Gasteiger partial charge on any atom is -0.382 e. The predicted octanol–water partition coefficient (Wildman–Crippen LogP) is 5.72. The van der Waals surface area contributed by atoms with Gasteiger partial charge in [-0.05, 0) is 55.2 Å². The Labute approximate surface area is 124 Å². The van der Waals surface area contributed by atoms with E-state index in [1.54, 1.807) is 6.07 Å². The van der Waals surface area contributed by atoms with E-state index < -0.39 is 11.7 Å². The fourth-order valence-electron chi connectivity index (χ4n) is 3.12. The van der Waals surface area contributed by atoms with E-state index in [4.69, 9.17) is 0 Å². The van der Waals surface area contributed by atoms with Crippen LogP contribution in [-0.2, 0) is 6.18 Å². The Morgan fingerprint density at radius 1 is 1.00 bits per heavy atom. The number of rotatable bonds is 2. The van der Waals surface area contributed by atoms with Gasteiger partial charge < -0.3 is 5.32 Å². The lowest BCUT2D eigenvalue weighted by Gasteiger charge is -2.37. The molecule has 0 saturated heterocycles. The molecule has 1 aliphatic carbocycles. The van der Waals surface area contributed by atoms with Crippen molar-refractivity contribution in [1.82, 2.24) is 0 Å². The van der Waals surface area contributed by atoms with Crippen LogP contribution in [-0.4, -0.2) is 6.04 Å². The smallest absolute Gasteiger partial charge is 0.382 e. The van der Waals surface area contributed by atoms with E-state index in [2.05, 4.69) is 26.1 Å². The summed E-state index contributed by atoms with van der Waals surface area (Å²) in [6.45, 7) is 6.79. The molecular formula is C17H24F3N. The number of halogens is 3. The van der Waals surface area contributed by atoms with Gasteiger partial charge in [0.05, 0.1) is 5.56 Å². The SMILES string of the molecule is CC(C)(C)C1CCC(Nc2cccc(C(F)(F)F)c2)CC1. The molecule has 0 amide bonds. The average molecular weight is 299 g/mol. The Kier molecular flexibility index (Phi) is 4.54. The first-order valence-corrected chi connectivity index (χ1v) is 7.60. The van der Waals surface area contributed by atoms with Crippen molar-refractivity contribution in [3.63, 3.8) is 0 Å². The van der Waals surface area contributed by atoms with Gasteiger partial charge >= 0.3 is 6.18 Å². The quantitative estimate of drug-likeness (QED) is 0.736. The maximum Gasteiger partial charge on any atom is 0.416 e. The highest BCUT2D eigenvalue weighted by atomic mass is 19.4. The fourth-order valence-corrected chi connectivity index (χ4v) is 3.12. The van der Waals surface area contributed by atoms with Crippen LogP contribution in [0.3, 0.4) is 0 Å². The summed E-state index contributed by atoms with van der Waals surface area (Å²) in [4.78, 5) is 0.